The van der Waals surface area contributed by atoms with E-state index in [0.29, 0.717) is 15.6 Å². The van der Waals surface area contributed by atoms with E-state index < -0.39 is 0 Å². The molecule has 0 aliphatic carbocycles. The third-order valence-corrected chi connectivity index (χ3v) is 2.61. The Labute approximate surface area is 96.3 Å². The van der Waals surface area contributed by atoms with Crippen LogP contribution in [0.4, 0.5) is 0 Å². The molecule has 14 heavy (non-hydrogen) atoms. The van der Waals surface area contributed by atoms with Crippen LogP contribution in [0.3, 0.4) is 0 Å². The number of ether oxygens (including phenoxy) is 2. The van der Waals surface area contributed by atoms with Crippen LogP contribution in [0.25, 0.3) is 0 Å². The van der Waals surface area contributed by atoms with Crippen molar-refractivity contribution in [1.29, 1.82) is 0 Å². The van der Waals surface area contributed by atoms with Crippen LogP contribution in [-0.4, -0.2) is 11.6 Å². The molecular formula is C10H10BrClO2. The van der Waals surface area contributed by atoms with Crippen LogP contribution in [0.2, 0.25) is 5.02 Å². The summed E-state index contributed by atoms with van der Waals surface area (Å²) in [5.41, 5.74) is 1.16. The van der Waals surface area contributed by atoms with Crippen molar-refractivity contribution in [3.05, 3.63) is 22.7 Å². The zero-order valence-corrected chi connectivity index (χ0v) is 10.1. The van der Waals surface area contributed by atoms with Gasteiger partial charge in [0.2, 0.25) is 6.79 Å². The van der Waals surface area contributed by atoms with E-state index in [2.05, 4.69) is 22.9 Å². The third-order valence-electron chi connectivity index (χ3n) is 2.00. The van der Waals surface area contributed by atoms with Crippen molar-refractivity contribution < 1.29 is 9.47 Å². The molecule has 0 fully saturated rings. The van der Waals surface area contributed by atoms with Crippen molar-refractivity contribution >= 4 is 27.5 Å². The van der Waals surface area contributed by atoms with Gasteiger partial charge in [0.15, 0.2) is 11.5 Å². The van der Waals surface area contributed by atoms with Crippen LogP contribution in [-0.2, 0) is 6.42 Å². The first-order valence-electron chi connectivity index (χ1n) is 4.39. The SMILES string of the molecule is CC(Br)Cc1cc(Cl)c2c(c1)OCO2. The second-order valence-corrected chi connectivity index (χ2v) is 5.27. The van der Waals surface area contributed by atoms with E-state index in [1.807, 2.05) is 12.1 Å². The van der Waals surface area contributed by atoms with E-state index >= 15 is 0 Å². The lowest BCUT2D eigenvalue weighted by Gasteiger charge is -2.06. The summed E-state index contributed by atoms with van der Waals surface area (Å²) in [6.07, 6.45) is 0.927. The van der Waals surface area contributed by atoms with Crippen LogP contribution >= 0.6 is 27.5 Å². The predicted molar refractivity (Wildman–Crippen MR) is 59.7 cm³/mol. The summed E-state index contributed by atoms with van der Waals surface area (Å²) in [7, 11) is 0. The van der Waals surface area contributed by atoms with Crippen LogP contribution < -0.4 is 9.47 Å². The Bertz CT molecular complexity index is 352. The topological polar surface area (TPSA) is 18.5 Å². The minimum absolute atomic E-state index is 0.266. The molecule has 1 aromatic carbocycles. The van der Waals surface area contributed by atoms with Gasteiger partial charge in [-0.2, -0.15) is 0 Å². The molecule has 0 aromatic heterocycles. The van der Waals surface area contributed by atoms with Gasteiger partial charge in [0.05, 0.1) is 5.02 Å². The van der Waals surface area contributed by atoms with Gasteiger partial charge in [-0.05, 0) is 24.1 Å². The third kappa shape index (κ3) is 1.98. The van der Waals surface area contributed by atoms with Gasteiger partial charge in [-0.15, -0.1) is 0 Å². The summed E-state index contributed by atoms with van der Waals surface area (Å²) in [4.78, 5) is 0.430. The first-order chi connectivity index (χ1) is 6.66. The number of alkyl halides is 1. The molecule has 0 N–H and O–H groups in total. The van der Waals surface area contributed by atoms with E-state index in [-0.39, 0.29) is 6.79 Å². The first kappa shape index (κ1) is 10.1. The van der Waals surface area contributed by atoms with Gasteiger partial charge in [-0.3, -0.25) is 0 Å². The molecule has 1 aromatic rings. The van der Waals surface area contributed by atoms with Gasteiger partial charge in [0.1, 0.15) is 0 Å². The smallest absolute Gasteiger partial charge is 0.231 e. The normalized spacial score (nSPS) is 15.6. The number of hydrogen-bond acceptors (Lipinski definition) is 2. The fourth-order valence-corrected chi connectivity index (χ4v) is 2.13. The Kier molecular flexibility index (Phi) is 2.88. The summed E-state index contributed by atoms with van der Waals surface area (Å²) in [6.45, 7) is 2.36. The quantitative estimate of drug-likeness (QED) is 0.772. The molecule has 0 amide bonds. The van der Waals surface area contributed by atoms with Gasteiger partial charge in [0, 0.05) is 4.83 Å². The van der Waals surface area contributed by atoms with Gasteiger partial charge < -0.3 is 9.47 Å². The highest BCUT2D eigenvalue weighted by atomic mass is 79.9. The average Bonchev–Trinajstić information content (AvgIpc) is 2.50. The minimum Gasteiger partial charge on any atom is -0.454 e. The standard InChI is InChI=1S/C10H10BrClO2/c1-6(11)2-7-3-8(12)10-9(4-7)13-5-14-10/h3-4,6H,2,5H2,1H3. The molecular weight excluding hydrogens is 267 g/mol. The maximum Gasteiger partial charge on any atom is 0.231 e. The number of hydrogen-bond donors (Lipinski definition) is 0. The second kappa shape index (κ2) is 3.99. The largest absolute Gasteiger partial charge is 0.454 e. The Morgan fingerprint density at radius 2 is 2.29 bits per heavy atom. The first-order valence-corrected chi connectivity index (χ1v) is 5.68. The van der Waals surface area contributed by atoms with Crippen LogP contribution in [0, 0.1) is 0 Å². The maximum atomic E-state index is 6.04. The van der Waals surface area contributed by atoms with Crippen molar-refractivity contribution in [3.8, 4) is 11.5 Å². The summed E-state index contributed by atoms with van der Waals surface area (Å²) >= 11 is 9.54. The van der Waals surface area contributed by atoms with Crippen LogP contribution in [0.1, 0.15) is 12.5 Å². The zero-order valence-electron chi connectivity index (χ0n) is 7.72. The van der Waals surface area contributed by atoms with Gasteiger partial charge in [-0.25, -0.2) is 0 Å². The van der Waals surface area contributed by atoms with Crippen molar-refractivity contribution in [2.24, 2.45) is 0 Å². The highest BCUT2D eigenvalue weighted by Gasteiger charge is 2.18. The average molecular weight is 278 g/mol. The molecule has 76 valence electrons. The molecule has 0 bridgehead atoms. The van der Waals surface area contributed by atoms with Gasteiger partial charge in [0.25, 0.3) is 0 Å². The molecule has 0 radical (unpaired) electrons. The summed E-state index contributed by atoms with van der Waals surface area (Å²) in [5, 5.41) is 0.628. The van der Waals surface area contributed by atoms with Crippen molar-refractivity contribution in [2.45, 2.75) is 18.2 Å². The lowest BCUT2D eigenvalue weighted by molar-refractivity contribution is 0.174. The molecule has 2 rings (SSSR count). The molecule has 1 heterocycles. The minimum atomic E-state index is 0.266. The molecule has 0 spiro atoms. The lowest BCUT2D eigenvalue weighted by atomic mass is 10.1. The Hall–Kier alpha value is -0.410. The van der Waals surface area contributed by atoms with E-state index in [1.165, 1.54) is 0 Å². The van der Waals surface area contributed by atoms with Crippen LogP contribution in [0.5, 0.6) is 11.5 Å². The molecule has 1 unspecified atom stereocenters. The molecule has 4 heteroatoms. The fourth-order valence-electron chi connectivity index (χ4n) is 1.46. The van der Waals surface area contributed by atoms with Crippen molar-refractivity contribution in [3.63, 3.8) is 0 Å². The second-order valence-electron chi connectivity index (χ2n) is 3.30. The van der Waals surface area contributed by atoms with Crippen molar-refractivity contribution in [2.75, 3.05) is 6.79 Å². The Morgan fingerprint density at radius 3 is 3.00 bits per heavy atom. The Balaban J connectivity index is 2.32. The maximum absolute atomic E-state index is 6.04. The highest BCUT2D eigenvalue weighted by molar-refractivity contribution is 9.09. The number of rotatable bonds is 2. The van der Waals surface area contributed by atoms with Crippen molar-refractivity contribution in [1.82, 2.24) is 0 Å². The molecule has 1 aliphatic rings. The van der Waals surface area contributed by atoms with E-state index in [1.54, 1.807) is 0 Å². The number of halogens is 2. The summed E-state index contributed by atoms with van der Waals surface area (Å²) < 4.78 is 10.5. The molecule has 1 atom stereocenters. The number of fused-ring (bicyclic) bond motifs is 1. The summed E-state index contributed by atoms with van der Waals surface area (Å²) in [5.74, 6) is 1.42. The summed E-state index contributed by atoms with van der Waals surface area (Å²) in [6, 6.07) is 3.90. The van der Waals surface area contributed by atoms with E-state index in [0.717, 1.165) is 17.7 Å². The Morgan fingerprint density at radius 1 is 1.50 bits per heavy atom. The number of benzene rings is 1. The molecule has 2 nitrogen and oxygen atoms in total. The highest BCUT2D eigenvalue weighted by Crippen LogP contribution is 2.40. The van der Waals surface area contributed by atoms with E-state index in [4.69, 9.17) is 21.1 Å². The lowest BCUT2D eigenvalue weighted by Crippen LogP contribution is -1.96. The molecule has 0 saturated heterocycles. The van der Waals surface area contributed by atoms with Gasteiger partial charge in [-0.1, -0.05) is 34.5 Å². The zero-order chi connectivity index (χ0) is 10.1. The van der Waals surface area contributed by atoms with E-state index in [9.17, 15) is 0 Å². The van der Waals surface area contributed by atoms with Crippen LogP contribution in [0.15, 0.2) is 12.1 Å². The molecule has 0 saturated carbocycles. The molecule has 1 aliphatic heterocycles. The monoisotopic (exact) mass is 276 g/mol. The van der Waals surface area contributed by atoms with Gasteiger partial charge >= 0.3 is 0 Å². The predicted octanol–water partition coefficient (Wildman–Crippen LogP) is 3.39. The fraction of sp³-hybridized carbons (Fsp3) is 0.400.